The molecule has 1 aromatic heterocycles. The van der Waals surface area contributed by atoms with Gasteiger partial charge in [-0.1, -0.05) is 19.4 Å². The van der Waals surface area contributed by atoms with Crippen molar-refractivity contribution < 1.29 is 27.4 Å². The molecule has 8 nitrogen and oxygen atoms in total. The van der Waals surface area contributed by atoms with Crippen molar-refractivity contribution in [2.45, 2.75) is 36.0 Å². The maximum absolute atomic E-state index is 13.6. The molecule has 0 spiro atoms. The number of benzene rings is 2. The largest absolute Gasteiger partial charge is 0.494 e. The van der Waals surface area contributed by atoms with Crippen LogP contribution in [0.15, 0.2) is 57.1 Å². The minimum Gasteiger partial charge on any atom is -0.494 e. The Morgan fingerprint density at radius 2 is 1.66 bits per heavy atom. The fraction of sp³-hybridized carbons (Fsp3) is 0.273. The molecule has 0 radical (unpaired) electrons. The number of aryl methyl sites for hydroxylation is 1. The maximum atomic E-state index is 13.6. The van der Waals surface area contributed by atoms with Crippen LogP contribution in [0.25, 0.3) is 5.69 Å². The van der Waals surface area contributed by atoms with Gasteiger partial charge in [-0.3, -0.25) is 9.36 Å². The average Bonchev–Trinajstić information content (AvgIpc) is 2.77. The second-order valence-electron chi connectivity index (χ2n) is 6.89. The second-order valence-corrected chi connectivity index (χ2v) is 8.78. The van der Waals surface area contributed by atoms with Crippen LogP contribution in [-0.4, -0.2) is 37.3 Å². The standard InChI is InChI=1S/C22H23FN2O6S/c1-4-5-9-18-24-21(26)20(32(28,29)15-12-10-14(23)11-13-15)22(27)25(18)19-16(30-2)7-6-8-17(19)31-3/h6-8,10-13,26H,4-5,9H2,1-3H3. The molecule has 0 fully saturated rings. The summed E-state index contributed by atoms with van der Waals surface area (Å²) in [4.78, 5) is 16.4. The van der Waals surface area contributed by atoms with E-state index in [1.807, 2.05) is 6.92 Å². The Labute approximate surface area is 184 Å². The normalized spacial score (nSPS) is 11.4. The van der Waals surface area contributed by atoms with Crippen molar-refractivity contribution in [1.29, 1.82) is 0 Å². The highest BCUT2D eigenvalue weighted by molar-refractivity contribution is 7.91. The van der Waals surface area contributed by atoms with E-state index in [2.05, 4.69) is 4.98 Å². The molecule has 10 heteroatoms. The predicted octanol–water partition coefficient (Wildman–Crippen LogP) is 3.27. The summed E-state index contributed by atoms with van der Waals surface area (Å²) in [5.74, 6) is -0.910. The van der Waals surface area contributed by atoms with Crippen molar-refractivity contribution in [3.8, 4) is 23.1 Å². The topological polar surface area (TPSA) is 108 Å². The first kappa shape index (κ1) is 23.3. The smallest absolute Gasteiger partial charge is 0.281 e. The van der Waals surface area contributed by atoms with E-state index in [0.29, 0.717) is 6.42 Å². The lowest BCUT2D eigenvalue weighted by molar-refractivity contribution is 0.386. The SMILES string of the molecule is CCCCc1nc(O)c(S(=O)(=O)c2ccc(F)cc2)c(=O)n1-c1c(OC)cccc1OC. The zero-order valence-corrected chi connectivity index (χ0v) is 18.6. The fourth-order valence-corrected chi connectivity index (χ4v) is 4.63. The molecular formula is C22H23FN2O6S. The summed E-state index contributed by atoms with van der Waals surface area (Å²) in [5, 5.41) is 10.5. The molecule has 0 aliphatic carbocycles. The van der Waals surface area contributed by atoms with Gasteiger partial charge in [0.2, 0.25) is 15.7 Å². The molecule has 0 saturated carbocycles. The second kappa shape index (κ2) is 9.39. The van der Waals surface area contributed by atoms with Crippen molar-refractivity contribution in [2.24, 2.45) is 0 Å². The lowest BCUT2D eigenvalue weighted by Gasteiger charge is -2.19. The van der Waals surface area contributed by atoms with Gasteiger partial charge in [0.05, 0.1) is 19.1 Å². The average molecular weight is 462 g/mol. The van der Waals surface area contributed by atoms with Gasteiger partial charge in [-0.2, -0.15) is 4.98 Å². The van der Waals surface area contributed by atoms with E-state index >= 15 is 0 Å². The van der Waals surface area contributed by atoms with E-state index in [-0.39, 0.29) is 34.3 Å². The first-order chi connectivity index (χ1) is 15.3. The van der Waals surface area contributed by atoms with Gasteiger partial charge in [0.1, 0.15) is 28.8 Å². The Morgan fingerprint density at radius 3 is 2.19 bits per heavy atom. The number of unbranched alkanes of at least 4 members (excludes halogenated alkanes) is 1. The molecule has 32 heavy (non-hydrogen) atoms. The fourth-order valence-electron chi connectivity index (χ4n) is 3.29. The molecule has 0 aliphatic rings. The summed E-state index contributed by atoms with van der Waals surface area (Å²) >= 11 is 0. The summed E-state index contributed by atoms with van der Waals surface area (Å²) in [6.45, 7) is 1.94. The summed E-state index contributed by atoms with van der Waals surface area (Å²) < 4.78 is 51.6. The highest BCUT2D eigenvalue weighted by Gasteiger charge is 2.31. The van der Waals surface area contributed by atoms with Crippen molar-refractivity contribution in [1.82, 2.24) is 9.55 Å². The molecular weight excluding hydrogens is 439 g/mol. The van der Waals surface area contributed by atoms with Crippen LogP contribution in [0.2, 0.25) is 0 Å². The summed E-state index contributed by atoms with van der Waals surface area (Å²) in [7, 11) is -1.71. The molecule has 0 aliphatic heterocycles. The van der Waals surface area contributed by atoms with Gasteiger partial charge in [-0.25, -0.2) is 12.8 Å². The molecule has 2 aromatic carbocycles. The molecule has 0 bridgehead atoms. The number of nitrogens with zero attached hydrogens (tertiary/aromatic N) is 2. The number of ether oxygens (including phenoxy) is 2. The van der Waals surface area contributed by atoms with E-state index in [9.17, 15) is 22.7 Å². The van der Waals surface area contributed by atoms with Gasteiger partial charge in [0.25, 0.3) is 5.56 Å². The molecule has 3 rings (SSSR count). The first-order valence-electron chi connectivity index (χ1n) is 9.83. The molecule has 0 unspecified atom stereocenters. The lowest BCUT2D eigenvalue weighted by Crippen LogP contribution is -2.29. The predicted molar refractivity (Wildman–Crippen MR) is 115 cm³/mol. The van der Waals surface area contributed by atoms with Gasteiger partial charge in [0.15, 0.2) is 4.90 Å². The number of methoxy groups -OCH3 is 2. The van der Waals surface area contributed by atoms with Crippen LogP contribution in [0.1, 0.15) is 25.6 Å². The van der Waals surface area contributed by atoms with E-state index in [4.69, 9.17) is 9.47 Å². The summed E-state index contributed by atoms with van der Waals surface area (Å²) in [6, 6.07) is 8.78. The molecule has 3 aromatic rings. The third-order valence-corrected chi connectivity index (χ3v) is 6.65. The third kappa shape index (κ3) is 4.18. The van der Waals surface area contributed by atoms with Crippen molar-refractivity contribution >= 4 is 9.84 Å². The zero-order chi connectivity index (χ0) is 23.5. The number of para-hydroxylation sites is 1. The number of aromatic hydroxyl groups is 1. The van der Waals surface area contributed by atoms with Crippen LogP contribution in [0.5, 0.6) is 17.4 Å². The number of hydrogen-bond donors (Lipinski definition) is 1. The van der Waals surface area contributed by atoms with Gasteiger partial charge >= 0.3 is 0 Å². The first-order valence-corrected chi connectivity index (χ1v) is 11.3. The Hall–Kier alpha value is -3.40. The van der Waals surface area contributed by atoms with Gasteiger partial charge in [0, 0.05) is 6.42 Å². The monoisotopic (exact) mass is 462 g/mol. The Balaban J connectivity index is 2.40. The number of halogens is 1. The molecule has 0 atom stereocenters. The molecule has 1 heterocycles. The van der Waals surface area contributed by atoms with Gasteiger partial charge in [-0.05, 0) is 42.8 Å². The summed E-state index contributed by atoms with van der Waals surface area (Å²) in [5.41, 5.74) is -0.854. The molecule has 170 valence electrons. The van der Waals surface area contributed by atoms with Crippen LogP contribution in [0.3, 0.4) is 0 Å². The lowest BCUT2D eigenvalue weighted by atomic mass is 10.2. The Bertz CT molecular complexity index is 1260. The number of hydrogen-bond acceptors (Lipinski definition) is 7. The molecule has 0 saturated heterocycles. The highest BCUT2D eigenvalue weighted by Crippen LogP contribution is 2.34. The van der Waals surface area contributed by atoms with E-state index in [1.54, 1.807) is 18.2 Å². The number of rotatable bonds is 8. The van der Waals surface area contributed by atoms with Crippen molar-refractivity contribution in [3.63, 3.8) is 0 Å². The summed E-state index contributed by atoms with van der Waals surface area (Å²) in [6.07, 6.45) is 1.69. The maximum Gasteiger partial charge on any atom is 0.281 e. The quantitative estimate of drug-likeness (QED) is 0.512. The molecule has 0 amide bonds. The Morgan fingerprint density at radius 1 is 1.06 bits per heavy atom. The van der Waals surface area contributed by atoms with Crippen molar-refractivity contribution in [2.75, 3.05) is 14.2 Å². The minimum atomic E-state index is -4.52. The van der Waals surface area contributed by atoms with Gasteiger partial charge < -0.3 is 14.6 Å². The number of aromatic nitrogens is 2. The highest BCUT2D eigenvalue weighted by atomic mass is 32.2. The Kier molecular flexibility index (Phi) is 6.83. The van der Waals surface area contributed by atoms with Crippen molar-refractivity contribution in [3.05, 3.63) is 64.5 Å². The zero-order valence-electron chi connectivity index (χ0n) is 17.8. The number of sulfone groups is 1. The third-order valence-electron chi connectivity index (χ3n) is 4.87. The molecule has 1 N–H and O–H groups in total. The minimum absolute atomic E-state index is 0.148. The van der Waals surface area contributed by atoms with Crippen LogP contribution >= 0.6 is 0 Å². The van der Waals surface area contributed by atoms with Crippen LogP contribution in [0.4, 0.5) is 4.39 Å². The van der Waals surface area contributed by atoms with E-state index in [0.717, 1.165) is 35.3 Å². The van der Waals surface area contributed by atoms with Gasteiger partial charge in [-0.15, -0.1) is 0 Å². The van der Waals surface area contributed by atoms with E-state index in [1.165, 1.54) is 14.2 Å². The van der Waals surface area contributed by atoms with Crippen LogP contribution < -0.4 is 15.0 Å². The van der Waals surface area contributed by atoms with Crippen LogP contribution in [-0.2, 0) is 16.3 Å². The van der Waals surface area contributed by atoms with E-state index < -0.39 is 32.0 Å². The van der Waals surface area contributed by atoms with Crippen LogP contribution in [0, 0.1) is 5.82 Å².